The van der Waals surface area contributed by atoms with E-state index in [1.807, 2.05) is 25.1 Å². The third-order valence-electron chi connectivity index (χ3n) is 4.74. The molecule has 31 heavy (non-hydrogen) atoms. The summed E-state index contributed by atoms with van der Waals surface area (Å²) < 4.78 is 12.2. The summed E-state index contributed by atoms with van der Waals surface area (Å²) in [6.07, 6.45) is 1.54. The first-order chi connectivity index (χ1) is 14.9. The molecule has 3 rings (SSSR count). The number of nitrogens with zero attached hydrogens (tertiary/aromatic N) is 3. The minimum Gasteiger partial charge on any atom is -0.382 e. The van der Waals surface area contributed by atoms with Gasteiger partial charge in [0.15, 0.2) is 0 Å². The van der Waals surface area contributed by atoms with Crippen LogP contribution in [0, 0.1) is 11.3 Å². The molecule has 0 radical (unpaired) electrons. The van der Waals surface area contributed by atoms with Crippen LogP contribution in [0.1, 0.15) is 12.5 Å². The smallest absolute Gasteiger partial charge is 0.252 e. The number of aryl methyl sites for hydroxylation is 1. The number of halogens is 1. The summed E-state index contributed by atoms with van der Waals surface area (Å²) in [7, 11) is 3.36. The Kier molecular flexibility index (Phi) is 7.47. The highest BCUT2D eigenvalue weighted by atomic mass is 35.5. The van der Waals surface area contributed by atoms with Crippen LogP contribution in [0.2, 0.25) is 5.15 Å². The van der Waals surface area contributed by atoms with Gasteiger partial charge < -0.3 is 24.7 Å². The van der Waals surface area contributed by atoms with E-state index in [4.69, 9.17) is 21.1 Å². The van der Waals surface area contributed by atoms with Crippen LogP contribution in [-0.2, 0) is 16.5 Å². The van der Waals surface area contributed by atoms with Crippen molar-refractivity contribution < 1.29 is 9.47 Å². The van der Waals surface area contributed by atoms with Crippen molar-refractivity contribution >= 4 is 39.6 Å². The molecule has 1 atom stereocenters. The van der Waals surface area contributed by atoms with Crippen molar-refractivity contribution in [1.82, 2.24) is 9.55 Å². The maximum absolute atomic E-state index is 12.4. The average molecular weight is 442 g/mol. The molecule has 2 heterocycles. The van der Waals surface area contributed by atoms with Crippen LogP contribution in [0.5, 0.6) is 0 Å². The van der Waals surface area contributed by atoms with Gasteiger partial charge in [-0.25, -0.2) is 4.98 Å². The Balaban J connectivity index is 1.93. The second-order valence-electron chi connectivity index (χ2n) is 7.06. The van der Waals surface area contributed by atoms with E-state index in [-0.39, 0.29) is 22.3 Å². The lowest BCUT2D eigenvalue weighted by Crippen LogP contribution is -2.25. The first-order valence-corrected chi connectivity index (χ1v) is 10.1. The largest absolute Gasteiger partial charge is 0.382 e. The summed E-state index contributed by atoms with van der Waals surface area (Å²) in [4.78, 5) is 16.4. The Labute approximate surface area is 185 Å². The van der Waals surface area contributed by atoms with Gasteiger partial charge >= 0.3 is 0 Å². The van der Waals surface area contributed by atoms with E-state index < -0.39 is 0 Å². The number of hydrogen-bond acceptors (Lipinski definition) is 7. The first kappa shape index (κ1) is 22.6. The first-order valence-electron chi connectivity index (χ1n) is 9.73. The van der Waals surface area contributed by atoms with Gasteiger partial charge in [0.05, 0.1) is 31.0 Å². The lowest BCUT2D eigenvalue weighted by molar-refractivity contribution is 0.0677. The van der Waals surface area contributed by atoms with Crippen molar-refractivity contribution in [2.75, 3.05) is 37.6 Å². The fourth-order valence-corrected chi connectivity index (χ4v) is 3.37. The van der Waals surface area contributed by atoms with Crippen molar-refractivity contribution in [3.63, 3.8) is 0 Å². The molecular formula is C22H24ClN5O3. The van der Waals surface area contributed by atoms with Gasteiger partial charge in [0.25, 0.3) is 5.56 Å². The lowest BCUT2D eigenvalue weighted by Gasteiger charge is -2.19. The highest BCUT2D eigenvalue weighted by Gasteiger charge is 2.12. The molecule has 1 unspecified atom stereocenters. The number of fused-ring (bicyclic) bond motifs is 1. The summed E-state index contributed by atoms with van der Waals surface area (Å²) in [5.74, 6) is 0. The molecule has 3 aromatic rings. The quantitative estimate of drug-likeness (QED) is 0.386. The molecule has 0 aliphatic rings. The summed E-state index contributed by atoms with van der Waals surface area (Å²) in [5, 5.41) is 17.0. The number of aromatic nitrogens is 2. The summed E-state index contributed by atoms with van der Waals surface area (Å²) >= 11 is 6.03. The molecule has 0 aliphatic carbocycles. The minimum atomic E-state index is -0.115. The Hall–Kier alpha value is -3.12. The van der Waals surface area contributed by atoms with E-state index in [1.54, 1.807) is 30.9 Å². The van der Waals surface area contributed by atoms with E-state index in [2.05, 4.69) is 21.7 Å². The molecule has 1 aromatic carbocycles. The van der Waals surface area contributed by atoms with Gasteiger partial charge in [0.1, 0.15) is 16.8 Å². The molecule has 2 N–H and O–H groups in total. The molecule has 0 aliphatic heterocycles. The zero-order valence-electron chi connectivity index (χ0n) is 17.6. The number of nitriles is 1. The van der Waals surface area contributed by atoms with Crippen molar-refractivity contribution in [2.45, 2.75) is 13.0 Å². The Morgan fingerprint density at radius 1 is 1.26 bits per heavy atom. The minimum absolute atomic E-state index is 0.0204. The zero-order chi connectivity index (χ0) is 22.4. The molecule has 8 nitrogen and oxygen atoms in total. The number of nitrogens with one attached hydrogen (secondary N) is 2. The van der Waals surface area contributed by atoms with Crippen LogP contribution < -0.4 is 16.2 Å². The van der Waals surface area contributed by atoms with Crippen molar-refractivity contribution in [3.05, 3.63) is 57.6 Å². The van der Waals surface area contributed by atoms with Gasteiger partial charge in [-0.05, 0) is 31.2 Å². The molecule has 0 saturated carbocycles. The monoisotopic (exact) mass is 441 g/mol. The zero-order valence-corrected chi connectivity index (χ0v) is 18.4. The normalized spacial score (nSPS) is 11.8. The van der Waals surface area contributed by atoms with Gasteiger partial charge in [-0.3, -0.25) is 4.79 Å². The van der Waals surface area contributed by atoms with Crippen LogP contribution in [0.3, 0.4) is 0 Å². The van der Waals surface area contributed by atoms with Gasteiger partial charge in [0, 0.05) is 49.2 Å². The second kappa shape index (κ2) is 10.3. The van der Waals surface area contributed by atoms with E-state index in [0.717, 1.165) is 16.6 Å². The Morgan fingerprint density at radius 2 is 2.06 bits per heavy atom. The van der Waals surface area contributed by atoms with Crippen molar-refractivity contribution in [1.29, 1.82) is 5.26 Å². The number of pyridine rings is 2. The molecule has 0 fully saturated rings. The molecule has 0 amide bonds. The van der Waals surface area contributed by atoms with Crippen LogP contribution in [0.15, 0.2) is 41.3 Å². The van der Waals surface area contributed by atoms with Crippen molar-refractivity contribution in [2.24, 2.45) is 7.05 Å². The predicted octanol–water partition coefficient (Wildman–Crippen LogP) is 3.67. The lowest BCUT2D eigenvalue weighted by atomic mass is 10.1. The third kappa shape index (κ3) is 5.33. The number of benzene rings is 1. The number of rotatable bonds is 9. The number of anilines is 3. The number of ether oxygens (including phenoxy) is 2. The van der Waals surface area contributed by atoms with Crippen LogP contribution in [-0.4, -0.2) is 42.5 Å². The number of methoxy groups -OCH3 is 1. The van der Waals surface area contributed by atoms with Gasteiger partial charge in [0.2, 0.25) is 0 Å². The maximum atomic E-state index is 12.4. The molecule has 162 valence electrons. The molecule has 2 aromatic heterocycles. The van der Waals surface area contributed by atoms with Gasteiger partial charge in [-0.15, -0.1) is 0 Å². The Bertz CT molecular complexity index is 1170. The van der Waals surface area contributed by atoms with Crippen LogP contribution >= 0.6 is 11.6 Å². The molecule has 0 spiro atoms. The average Bonchev–Trinajstić information content (AvgIpc) is 2.75. The van der Waals surface area contributed by atoms with E-state index >= 15 is 0 Å². The molecule has 0 bridgehead atoms. The fourth-order valence-electron chi connectivity index (χ4n) is 3.17. The highest BCUT2D eigenvalue weighted by Crippen LogP contribution is 2.29. The highest BCUT2D eigenvalue weighted by molar-refractivity contribution is 6.31. The summed E-state index contributed by atoms with van der Waals surface area (Å²) in [6.45, 7) is 3.49. The van der Waals surface area contributed by atoms with E-state index in [1.165, 1.54) is 6.20 Å². The van der Waals surface area contributed by atoms with Crippen LogP contribution in [0.25, 0.3) is 10.9 Å². The SMILES string of the molecule is COCCOCC(C)Nc1cc(=O)n(C)c2ccc(Nc3ccnc(Cl)c3C#N)cc12. The fraction of sp³-hybridized carbons (Fsp3) is 0.318. The van der Waals surface area contributed by atoms with E-state index in [0.29, 0.717) is 31.2 Å². The van der Waals surface area contributed by atoms with Gasteiger partial charge in [-0.1, -0.05) is 11.6 Å². The molecule has 0 saturated heterocycles. The molecule has 9 heteroatoms. The van der Waals surface area contributed by atoms with Crippen LogP contribution in [0.4, 0.5) is 17.1 Å². The molecular weight excluding hydrogens is 418 g/mol. The summed E-state index contributed by atoms with van der Waals surface area (Å²) in [6, 6.07) is 10.9. The second-order valence-corrected chi connectivity index (χ2v) is 7.42. The van der Waals surface area contributed by atoms with Gasteiger partial charge in [-0.2, -0.15) is 5.26 Å². The topological polar surface area (TPSA) is 101 Å². The third-order valence-corrected chi connectivity index (χ3v) is 5.03. The van der Waals surface area contributed by atoms with E-state index in [9.17, 15) is 10.1 Å². The predicted molar refractivity (Wildman–Crippen MR) is 122 cm³/mol. The summed E-state index contributed by atoms with van der Waals surface area (Å²) in [5.41, 5.74) is 2.94. The standard InChI is InChI=1S/C22H24ClN5O3/c1-14(13-31-9-8-30-3)26-19-11-21(29)28(2)20-5-4-15(10-16(19)20)27-18-6-7-25-22(23)17(18)12-24/h4-7,10-11,14,26H,8-9,13H2,1-3H3,(H,25,27). The number of hydrogen-bond donors (Lipinski definition) is 2. The van der Waals surface area contributed by atoms with Crippen molar-refractivity contribution in [3.8, 4) is 6.07 Å². The maximum Gasteiger partial charge on any atom is 0.252 e. The Morgan fingerprint density at radius 3 is 2.81 bits per heavy atom.